The molecule has 1 rings (SSSR count). The lowest BCUT2D eigenvalue weighted by Gasteiger charge is -2.17. The van der Waals surface area contributed by atoms with Crippen LogP contribution in [0, 0.1) is 11.3 Å². The average molecular weight is 216 g/mol. The summed E-state index contributed by atoms with van der Waals surface area (Å²) < 4.78 is 0. The van der Waals surface area contributed by atoms with Crippen LogP contribution in [0.5, 0.6) is 0 Å². The highest BCUT2D eigenvalue weighted by atomic mass is 14.9. The summed E-state index contributed by atoms with van der Waals surface area (Å²) in [4.78, 5) is 0. The van der Waals surface area contributed by atoms with Gasteiger partial charge in [-0.15, -0.1) is 0 Å². The van der Waals surface area contributed by atoms with Gasteiger partial charge in [0, 0.05) is 6.54 Å². The fraction of sp³-hybridized carbons (Fsp3) is 0.500. The van der Waals surface area contributed by atoms with Crippen LogP contribution < -0.4 is 5.32 Å². The summed E-state index contributed by atoms with van der Waals surface area (Å²) in [5.74, 6) is 0. The second-order valence-corrected chi connectivity index (χ2v) is 4.66. The van der Waals surface area contributed by atoms with Crippen molar-refractivity contribution in [2.24, 2.45) is 0 Å². The van der Waals surface area contributed by atoms with Crippen molar-refractivity contribution in [2.75, 3.05) is 0 Å². The van der Waals surface area contributed by atoms with E-state index in [4.69, 9.17) is 5.26 Å². The van der Waals surface area contributed by atoms with Gasteiger partial charge in [0.25, 0.3) is 0 Å². The maximum Gasteiger partial charge on any atom is 0.101 e. The Morgan fingerprint density at radius 2 is 1.75 bits per heavy atom. The van der Waals surface area contributed by atoms with Crippen molar-refractivity contribution in [3.63, 3.8) is 0 Å². The van der Waals surface area contributed by atoms with Crippen LogP contribution in [-0.4, -0.2) is 5.54 Å². The molecule has 0 atom stereocenters. The number of rotatable bonds is 5. The largest absolute Gasteiger partial charge is 0.296 e. The molecule has 16 heavy (non-hydrogen) atoms. The predicted octanol–water partition coefficient (Wildman–Crippen LogP) is 3.03. The van der Waals surface area contributed by atoms with Crippen molar-refractivity contribution in [3.05, 3.63) is 35.4 Å². The minimum absolute atomic E-state index is 0.456. The molecule has 86 valence electrons. The van der Waals surface area contributed by atoms with Gasteiger partial charge in [0.1, 0.15) is 5.54 Å². The first-order valence-electron chi connectivity index (χ1n) is 5.81. The first-order valence-corrected chi connectivity index (χ1v) is 5.81. The Hall–Kier alpha value is -1.33. The Bertz CT molecular complexity index is 357. The minimum atomic E-state index is -0.456. The molecule has 1 N–H and O–H groups in total. The van der Waals surface area contributed by atoms with Crippen molar-refractivity contribution >= 4 is 0 Å². The number of hydrogen-bond donors (Lipinski definition) is 1. The van der Waals surface area contributed by atoms with Gasteiger partial charge in [0.05, 0.1) is 6.07 Å². The summed E-state index contributed by atoms with van der Waals surface area (Å²) in [6.07, 6.45) is 2.32. The summed E-state index contributed by atoms with van der Waals surface area (Å²) in [7, 11) is 0. The number of nitrogens with one attached hydrogen (secondary N) is 1. The molecule has 0 radical (unpaired) electrons. The smallest absolute Gasteiger partial charge is 0.101 e. The van der Waals surface area contributed by atoms with Crippen LogP contribution in [0.3, 0.4) is 0 Å². The fourth-order valence-corrected chi connectivity index (χ4v) is 1.48. The highest BCUT2D eigenvalue weighted by Gasteiger charge is 2.14. The van der Waals surface area contributed by atoms with Crippen LogP contribution in [0.25, 0.3) is 0 Å². The zero-order valence-corrected chi connectivity index (χ0v) is 10.4. The standard InChI is InChI=1S/C14H20N2/c1-4-5-12-6-8-13(9-7-12)10-16-14(2,3)11-15/h6-9,16H,4-5,10H2,1-3H3. The molecule has 2 heteroatoms. The zero-order valence-electron chi connectivity index (χ0n) is 10.4. The Balaban J connectivity index is 2.53. The molecule has 0 unspecified atom stereocenters. The average Bonchev–Trinajstić information content (AvgIpc) is 2.29. The Labute approximate surface area is 98.3 Å². The van der Waals surface area contributed by atoms with E-state index in [1.165, 1.54) is 17.5 Å². The molecule has 0 amide bonds. The third kappa shape index (κ3) is 4.04. The first kappa shape index (κ1) is 12.7. The quantitative estimate of drug-likeness (QED) is 0.821. The molecular weight excluding hydrogens is 196 g/mol. The van der Waals surface area contributed by atoms with Gasteiger partial charge in [-0.1, -0.05) is 37.6 Å². The van der Waals surface area contributed by atoms with E-state index in [1.807, 2.05) is 13.8 Å². The first-order chi connectivity index (χ1) is 7.57. The number of hydrogen-bond acceptors (Lipinski definition) is 2. The van der Waals surface area contributed by atoms with E-state index in [0.29, 0.717) is 0 Å². The van der Waals surface area contributed by atoms with Gasteiger partial charge < -0.3 is 0 Å². The minimum Gasteiger partial charge on any atom is -0.296 e. The molecular formula is C14H20N2. The predicted molar refractivity (Wildman–Crippen MR) is 67.0 cm³/mol. The van der Waals surface area contributed by atoms with Crippen molar-refractivity contribution in [3.8, 4) is 6.07 Å². The molecule has 1 aromatic carbocycles. The highest BCUT2D eigenvalue weighted by Crippen LogP contribution is 2.08. The molecule has 2 nitrogen and oxygen atoms in total. The van der Waals surface area contributed by atoms with Crippen LogP contribution in [-0.2, 0) is 13.0 Å². The normalized spacial score (nSPS) is 11.1. The summed E-state index contributed by atoms with van der Waals surface area (Å²) >= 11 is 0. The second kappa shape index (κ2) is 5.67. The topological polar surface area (TPSA) is 35.8 Å². The van der Waals surface area contributed by atoms with E-state index in [-0.39, 0.29) is 0 Å². The third-order valence-corrected chi connectivity index (χ3v) is 2.58. The van der Waals surface area contributed by atoms with Crippen molar-refractivity contribution in [1.82, 2.24) is 5.32 Å². The molecule has 0 aliphatic heterocycles. The van der Waals surface area contributed by atoms with Gasteiger partial charge in [0.15, 0.2) is 0 Å². The lowest BCUT2D eigenvalue weighted by atomic mass is 10.1. The van der Waals surface area contributed by atoms with E-state index in [2.05, 4.69) is 42.6 Å². The van der Waals surface area contributed by atoms with Gasteiger partial charge >= 0.3 is 0 Å². The van der Waals surface area contributed by atoms with E-state index < -0.39 is 5.54 Å². The maximum absolute atomic E-state index is 8.87. The molecule has 0 spiro atoms. The highest BCUT2D eigenvalue weighted by molar-refractivity contribution is 5.23. The number of nitrogens with zero attached hydrogens (tertiary/aromatic N) is 1. The molecule has 0 fully saturated rings. The van der Waals surface area contributed by atoms with Crippen LogP contribution in [0.4, 0.5) is 0 Å². The Kier molecular flexibility index (Phi) is 4.52. The van der Waals surface area contributed by atoms with Crippen LogP contribution in [0.15, 0.2) is 24.3 Å². The number of aryl methyl sites for hydroxylation is 1. The van der Waals surface area contributed by atoms with Gasteiger partial charge in [-0.05, 0) is 31.4 Å². The summed E-state index contributed by atoms with van der Waals surface area (Å²) in [6.45, 7) is 6.70. The molecule has 1 aromatic rings. The summed E-state index contributed by atoms with van der Waals surface area (Å²) in [5, 5.41) is 12.1. The molecule has 0 aliphatic carbocycles. The fourth-order valence-electron chi connectivity index (χ4n) is 1.48. The molecule has 0 bridgehead atoms. The SMILES string of the molecule is CCCc1ccc(CNC(C)(C)C#N)cc1. The van der Waals surface area contributed by atoms with Crippen LogP contribution >= 0.6 is 0 Å². The lowest BCUT2D eigenvalue weighted by Crippen LogP contribution is -2.36. The van der Waals surface area contributed by atoms with Gasteiger partial charge in [-0.2, -0.15) is 5.26 Å². The maximum atomic E-state index is 8.87. The molecule has 0 saturated carbocycles. The van der Waals surface area contributed by atoms with Crippen molar-refractivity contribution in [1.29, 1.82) is 5.26 Å². The van der Waals surface area contributed by atoms with E-state index >= 15 is 0 Å². The van der Waals surface area contributed by atoms with Gasteiger partial charge in [0.2, 0.25) is 0 Å². The molecule has 0 saturated heterocycles. The van der Waals surface area contributed by atoms with Crippen LogP contribution in [0.1, 0.15) is 38.3 Å². The third-order valence-electron chi connectivity index (χ3n) is 2.58. The van der Waals surface area contributed by atoms with Gasteiger partial charge in [-0.25, -0.2) is 0 Å². The zero-order chi connectivity index (χ0) is 12.0. The number of benzene rings is 1. The summed E-state index contributed by atoms with van der Waals surface area (Å²) in [6, 6.07) is 10.8. The Morgan fingerprint density at radius 3 is 2.25 bits per heavy atom. The number of nitriles is 1. The molecule has 0 aliphatic rings. The van der Waals surface area contributed by atoms with E-state index in [0.717, 1.165) is 13.0 Å². The van der Waals surface area contributed by atoms with Gasteiger partial charge in [-0.3, -0.25) is 5.32 Å². The second-order valence-electron chi connectivity index (χ2n) is 4.66. The Morgan fingerprint density at radius 1 is 1.19 bits per heavy atom. The monoisotopic (exact) mass is 216 g/mol. The van der Waals surface area contributed by atoms with Crippen LogP contribution in [0.2, 0.25) is 0 Å². The summed E-state index contributed by atoms with van der Waals surface area (Å²) in [5.41, 5.74) is 2.15. The van der Waals surface area contributed by atoms with Crippen molar-refractivity contribution < 1.29 is 0 Å². The molecule has 0 heterocycles. The van der Waals surface area contributed by atoms with E-state index in [1.54, 1.807) is 0 Å². The van der Waals surface area contributed by atoms with Crippen molar-refractivity contribution in [2.45, 2.75) is 45.7 Å². The molecule has 0 aromatic heterocycles. The van der Waals surface area contributed by atoms with E-state index in [9.17, 15) is 0 Å². The lowest BCUT2D eigenvalue weighted by molar-refractivity contribution is 0.485.